The summed E-state index contributed by atoms with van der Waals surface area (Å²) in [5.74, 6) is 0.561. The van der Waals surface area contributed by atoms with Gasteiger partial charge in [0.2, 0.25) is 0 Å². The fraction of sp³-hybridized carbons (Fsp3) is 0. The third kappa shape index (κ3) is 3.27. The van der Waals surface area contributed by atoms with E-state index in [1.165, 1.54) is 0 Å². The molecule has 0 unspecified atom stereocenters. The summed E-state index contributed by atoms with van der Waals surface area (Å²) >= 11 is 3.53. The Morgan fingerprint density at radius 3 is 2.19 bits per heavy atom. The number of hydrogen-bond donors (Lipinski definition) is 0. The number of nitrogens with zero attached hydrogens (tertiary/aromatic N) is 3. The lowest BCUT2D eigenvalue weighted by Crippen LogP contribution is -2.00. The second-order valence-electron chi connectivity index (χ2n) is 7.10. The molecule has 0 aliphatic rings. The van der Waals surface area contributed by atoms with Crippen molar-refractivity contribution in [3.8, 4) is 34.2 Å². The van der Waals surface area contributed by atoms with E-state index in [1.54, 1.807) is 0 Å². The van der Waals surface area contributed by atoms with E-state index in [0.29, 0.717) is 22.5 Å². The first-order chi connectivity index (χ1) is 17.8. The van der Waals surface area contributed by atoms with E-state index in [9.17, 15) is 0 Å². The van der Waals surface area contributed by atoms with Gasteiger partial charge in [-0.25, -0.2) is 15.0 Å². The maximum atomic E-state index is 8.44. The topological polar surface area (TPSA) is 51.8 Å². The van der Waals surface area contributed by atoms with Gasteiger partial charge >= 0.3 is 0 Å². The molecule has 0 saturated carbocycles. The molecule has 5 heteroatoms. The first kappa shape index (κ1) is 14.3. The monoisotopic (exact) mass is 482 g/mol. The number of fused-ring (bicyclic) bond motifs is 3. The minimum Gasteiger partial charge on any atom is -0.456 e. The Hall–Kier alpha value is -3.83. The second-order valence-corrected chi connectivity index (χ2v) is 7.95. The van der Waals surface area contributed by atoms with Crippen molar-refractivity contribution in [3.05, 3.63) is 101 Å². The van der Waals surface area contributed by atoms with Gasteiger partial charge < -0.3 is 4.42 Å². The Morgan fingerprint density at radius 2 is 1.34 bits per heavy atom. The zero-order valence-corrected chi connectivity index (χ0v) is 18.1. The van der Waals surface area contributed by atoms with Crippen molar-refractivity contribution < 1.29 is 11.3 Å². The van der Waals surface area contributed by atoms with Gasteiger partial charge in [0.05, 0.1) is 6.85 Å². The summed E-state index contributed by atoms with van der Waals surface area (Å²) in [7, 11) is 0. The summed E-state index contributed by atoms with van der Waals surface area (Å²) < 4.78 is 47.8. The molecule has 32 heavy (non-hydrogen) atoms. The summed E-state index contributed by atoms with van der Waals surface area (Å²) in [5, 5.41) is 1.94. The van der Waals surface area contributed by atoms with E-state index in [1.807, 2.05) is 66.7 Å². The molecule has 2 aromatic heterocycles. The predicted octanol–water partition coefficient (Wildman–Crippen LogP) is 7.53. The molecule has 0 aliphatic carbocycles. The van der Waals surface area contributed by atoms with E-state index in [4.69, 9.17) is 16.3 Å². The van der Waals surface area contributed by atoms with Crippen LogP contribution in [0.15, 0.2) is 106 Å². The highest BCUT2D eigenvalue weighted by Crippen LogP contribution is 2.33. The average molecular weight is 483 g/mol. The smallest absolute Gasteiger partial charge is 0.165 e. The third-order valence-corrected chi connectivity index (χ3v) is 5.80. The quantitative estimate of drug-likeness (QED) is 0.261. The maximum Gasteiger partial charge on any atom is 0.165 e. The van der Waals surface area contributed by atoms with E-state index in [0.717, 1.165) is 20.8 Å². The Kier molecular flexibility index (Phi) is 3.43. The molecule has 0 amide bonds. The van der Waals surface area contributed by atoms with Crippen LogP contribution in [0.25, 0.3) is 56.1 Å². The van der Waals surface area contributed by atoms with E-state index in [2.05, 4.69) is 25.9 Å². The zero-order chi connectivity index (χ0) is 25.8. The van der Waals surface area contributed by atoms with Crippen LogP contribution in [-0.2, 0) is 0 Å². The van der Waals surface area contributed by atoms with Gasteiger partial charge in [0.25, 0.3) is 0 Å². The van der Waals surface area contributed by atoms with Gasteiger partial charge in [0.1, 0.15) is 11.2 Å². The lowest BCUT2D eigenvalue weighted by atomic mass is 10.1. The first-order valence-corrected chi connectivity index (χ1v) is 10.6. The highest BCUT2D eigenvalue weighted by atomic mass is 79.9. The Bertz CT molecular complexity index is 1840. The Morgan fingerprint density at radius 1 is 0.656 bits per heavy atom. The molecule has 0 bridgehead atoms. The number of aromatic nitrogens is 3. The maximum absolute atomic E-state index is 8.44. The van der Waals surface area contributed by atoms with Crippen molar-refractivity contribution in [1.29, 1.82) is 0 Å². The standard InChI is InChI=1S/C27H16BrN3O/c28-22-12-6-4-11-21(22)27-30-25(17-8-2-1-3-9-17)29-26(31-27)18-14-15-20-19-10-5-7-13-23(19)32-24(20)16-18/h1-16H/i1D,2D,3D,8D,9D. The van der Waals surface area contributed by atoms with Crippen molar-refractivity contribution >= 4 is 37.9 Å². The second kappa shape index (κ2) is 7.70. The lowest BCUT2D eigenvalue weighted by molar-refractivity contribution is 0.669. The predicted molar refractivity (Wildman–Crippen MR) is 131 cm³/mol. The Labute approximate surface area is 199 Å². The highest BCUT2D eigenvalue weighted by molar-refractivity contribution is 9.10. The summed E-state index contributed by atoms with van der Waals surface area (Å²) in [6.07, 6.45) is 0. The molecule has 152 valence electrons. The van der Waals surface area contributed by atoms with Crippen LogP contribution in [0.1, 0.15) is 6.85 Å². The number of rotatable bonds is 3. The van der Waals surface area contributed by atoms with Gasteiger partial charge in [-0.15, -0.1) is 0 Å². The van der Waals surface area contributed by atoms with E-state index in [-0.39, 0.29) is 29.3 Å². The fourth-order valence-corrected chi connectivity index (χ4v) is 4.07. The molecule has 0 aliphatic heterocycles. The van der Waals surface area contributed by atoms with Crippen LogP contribution in [0.5, 0.6) is 0 Å². The van der Waals surface area contributed by atoms with Crippen LogP contribution in [0.4, 0.5) is 0 Å². The van der Waals surface area contributed by atoms with Crippen molar-refractivity contribution in [2.24, 2.45) is 0 Å². The average Bonchev–Trinajstić information content (AvgIpc) is 3.29. The molecule has 0 spiro atoms. The van der Waals surface area contributed by atoms with Crippen LogP contribution < -0.4 is 0 Å². The van der Waals surface area contributed by atoms with E-state index < -0.39 is 18.1 Å². The first-order valence-electron chi connectivity index (χ1n) is 12.3. The van der Waals surface area contributed by atoms with Crippen molar-refractivity contribution in [2.75, 3.05) is 0 Å². The van der Waals surface area contributed by atoms with Gasteiger partial charge in [-0.2, -0.15) is 0 Å². The number of furan rings is 1. The molecular formula is C27H16BrN3O. The van der Waals surface area contributed by atoms with Crippen LogP contribution >= 0.6 is 15.9 Å². The SMILES string of the molecule is [2H]c1c([2H])c([2H])c(-c2nc(-c3ccc4c(c3)oc3ccccc34)nc(-c3ccccc3Br)n2)c([2H])c1[2H]. The zero-order valence-electron chi connectivity index (χ0n) is 21.5. The van der Waals surface area contributed by atoms with E-state index >= 15 is 0 Å². The van der Waals surface area contributed by atoms with Crippen LogP contribution in [-0.4, -0.2) is 15.0 Å². The molecule has 2 heterocycles. The summed E-state index contributed by atoms with van der Waals surface area (Å²) in [6.45, 7) is 0. The van der Waals surface area contributed by atoms with Gasteiger partial charge in [-0.05, 0) is 24.3 Å². The van der Waals surface area contributed by atoms with Gasteiger partial charge in [0, 0.05) is 31.9 Å². The molecule has 4 nitrogen and oxygen atoms in total. The molecule has 0 atom stereocenters. The Balaban J connectivity index is 1.63. The molecular weight excluding hydrogens is 462 g/mol. The number of benzene rings is 4. The normalized spacial score (nSPS) is 13.5. The minimum atomic E-state index is -0.477. The summed E-state index contributed by atoms with van der Waals surface area (Å²) in [4.78, 5) is 13.8. The van der Waals surface area contributed by atoms with Crippen molar-refractivity contribution in [3.63, 3.8) is 0 Å². The van der Waals surface area contributed by atoms with Crippen molar-refractivity contribution in [1.82, 2.24) is 15.0 Å². The molecule has 0 radical (unpaired) electrons. The van der Waals surface area contributed by atoms with Crippen molar-refractivity contribution in [2.45, 2.75) is 0 Å². The summed E-state index contributed by atoms with van der Waals surface area (Å²) in [6, 6.07) is 18.6. The van der Waals surface area contributed by atoms with Gasteiger partial charge in [0.15, 0.2) is 17.5 Å². The molecule has 4 aromatic carbocycles. The molecule has 0 fully saturated rings. The van der Waals surface area contributed by atoms with Gasteiger partial charge in [-0.3, -0.25) is 0 Å². The number of hydrogen-bond acceptors (Lipinski definition) is 4. The molecule has 0 saturated heterocycles. The van der Waals surface area contributed by atoms with Crippen LogP contribution in [0.2, 0.25) is 0 Å². The minimum absolute atomic E-state index is 0.0162. The number of para-hydroxylation sites is 1. The molecule has 6 aromatic rings. The fourth-order valence-electron chi connectivity index (χ4n) is 3.61. The third-order valence-electron chi connectivity index (χ3n) is 5.11. The molecule has 6 rings (SSSR count). The van der Waals surface area contributed by atoms with Crippen LogP contribution in [0.3, 0.4) is 0 Å². The largest absolute Gasteiger partial charge is 0.456 e. The molecule has 0 N–H and O–H groups in total. The van der Waals surface area contributed by atoms with Gasteiger partial charge in [-0.1, -0.05) is 88.6 Å². The van der Waals surface area contributed by atoms with Crippen LogP contribution in [0, 0.1) is 0 Å². The lowest BCUT2D eigenvalue weighted by Gasteiger charge is -2.09. The number of halogens is 1. The summed E-state index contributed by atoms with van der Waals surface area (Å²) in [5.41, 5.74) is 2.64. The highest BCUT2D eigenvalue weighted by Gasteiger charge is 2.15.